The average molecular weight is 1110 g/mol. The molecule has 6 aliphatic carbocycles. The van der Waals surface area contributed by atoms with Crippen LogP contribution in [0.2, 0.25) is 0 Å². The lowest BCUT2D eigenvalue weighted by atomic mass is 9.56. The molecule has 23 heteroatoms. The fraction of sp³-hybridized carbons (Fsp3) is 0.583. The number of nitrogens with one attached hydrogen (secondary N) is 5. The number of carbonyl (C=O) groups excluding carboxylic acids is 8. The Balaban J connectivity index is 1.23. The van der Waals surface area contributed by atoms with Crippen LogP contribution in [-0.2, 0) is 47.7 Å². The van der Waals surface area contributed by atoms with Crippen molar-refractivity contribution in [3.05, 3.63) is 71.8 Å². The Bertz CT molecular complexity index is 2080. The van der Waals surface area contributed by atoms with Crippen molar-refractivity contribution in [3.63, 3.8) is 0 Å². The molecule has 12 atom stereocenters. The molecule has 388 valence electrons. The maximum Gasteiger partial charge on any atom is 0.338 e. The standard InChI is InChI=1S/C48H57Cl6N5O12/c1-55-31(45(66)68-23-47(49,50)51)17-19-57-39(60)35-27-13-15-29(33(21-27)70-43(64)25-9-5-3-6-10-25)37(35)41(62)59-42(63)38-30-16-14-28(22-34(30)71-44(65)26-11-7-4-8-12-26)36(38)40(61)58-20-18-32(56-2)46(67)69-24-48(52,53)54/h3-12,27-38,55-56H,13-24H2,1-2H3,(H,57,60)(H,58,61)(H,59,62,63). The number of likely N-dealkylation sites (N-methyl/N-ethyl adjacent to an activating group) is 2. The van der Waals surface area contributed by atoms with Crippen LogP contribution in [0.4, 0.5) is 0 Å². The molecule has 2 aromatic rings. The van der Waals surface area contributed by atoms with Crippen LogP contribution in [0.15, 0.2) is 60.7 Å². The number of benzene rings is 2. The minimum Gasteiger partial charge on any atom is -0.460 e. The van der Waals surface area contributed by atoms with Crippen LogP contribution < -0.4 is 26.6 Å². The van der Waals surface area contributed by atoms with Gasteiger partial charge >= 0.3 is 23.9 Å². The van der Waals surface area contributed by atoms with Gasteiger partial charge < -0.3 is 40.2 Å². The molecule has 17 nitrogen and oxygen atoms in total. The number of ether oxygens (including phenoxy) is 4. The minimum absolute atomic E-state index is 0.0307. The third-order valence-corrected chi connectivity index (χ3v) is 14.6. The molecule has 71 heavy (non-hydrogen) atoms. The van der Waals surface area contributed by atoms with Crippen LogP contribution in [0.5, 0.6) is 0 Å². The summed E-state index contributed by atoms with van der Waals surface area (Å²) in [5, 5.41) is 13.9. The van der Waals surface area contributed by atoms with E-state index in [0.29, 0.717) is 36.8 Å². The molecule has 5 N–H and O–H groups in total. The Morgan fingerprint density at radius 3 is 1.24 bits per heavy atom. The molecule has 12 unspecified atom stereocenters. The van der Waals surface area contributed by atoms with Gasteiger partial charge in [-0.3, -0.25) is 34.1 Å². The van der Waals surface area contributed by atoms with Crippen molar-refractivity contribution < 1.29 is 57.3 Å². The summed E-state index contributed by atoms with van der Waals surface area (Å²) < 4.78 is 18.7. The van der Waals surface area contributed by atoms with E-state index in [4.69, 9.17) is 88.6 Å². The molecule has 0 saturated heterocycles. The first-order chi connectivity index (χ1) is 33.7. The topological polar surface area (TPSA) is 234 Å². The van der Waals surface area contributed by atoms with E-state index in [1.807, 2.05) is 0 Å². The fourth-order valence-corrected chi connectivity index (χ4v) is 11.1. The summed E-state index contributed by atoms with van der Waals surface area (Å²) in [5.74, 6) is -11.9. The van der Waals surface area contributed by atoms with E-state index in [0.717, 1.165) is 0 Å². The van der Waals surface area contributed by atoms with Gasteiger partial charge in [0.25, 0.3) is 0 Å². The van der Waals surface area contributed by atoms with Gasteiger partial charge in [0.15, 0.2) is 0 Å². The summed E-state index contributed by atoms with van der Waals surface area (Å²) >= 11 is 34.5. The molecular weight excluding hydrogens is 1050 g/mol. The Morgan fingerprint density at radius 1 is 0.535 bits per heavy atom. The van der Waals surface area contributed by atoms with Crippen LogP contribution in [0.1, 0.15) is 72.1 Å². The number of fused-ring (bicyclic) bond motifs is 6. The number of esters is 4. The lowest BCUT2D eigenvalue weighted by molar-refractivity contribution is -0.162. The smallest absolute Gasteiger partial charge is 0.338 e. The number of amides is 4. The molecule has 0 heterocycles. The van der Waals surface area contributed by atoms with Gasteiger partial charge in [0, 0.05) is 24.9 Å². The van der Waals surface area contributed by atoms with Crippen molar-refractivity contribution in [2.45, 2.75) is 83.2 Å². The zero-order valence-corrected chi connectivity index (χ0v) is 43.4. The second kappa shape index (κ2) is 25.3. The van der Waals surface area contributed by atoms with Gasteiger partial charge in [0.05, 0.1) is 34.8 Å². The van der Waals surface area contributed by atoms with Gasteiger partial charge in [0.1, 0.15) is 37.5 Å². The Morgan fingerprint density at radius 2 is 0.901 bits per heavy atom. The third kappa shape index (κ3) is 15.1. The highest BCUT2D eigenvalue weighted by molar-refractivity contribution is 6.68. The number of rotatable bonds is 20. The lowest BCUT2D eigenvalue weighted by Gasteiger charge is -2.51. The zero-order chi connectivity index (χ0) is 51.6. The van der Waals surface area contributed by atoms with E-state index in [9.17, 15) is 38.4 Å². The summed E-state index contributed by atoms with van der Waals surface area (Å²) in [6.45, 7) is -1.06. The molecule has 0 spiro atoms. The number of alkyl halides is 6. The zero-order valence-electron chi connectivity index (χ0n) is 38.9. The number of imide groups is 1. The number of hydrogen-bond donors (Lipinski definition) is 5. The van der Waals surface area contributed by atoms with E-state index >= 15 is 0 Å². The van der Waals surface area contributed by atoms with E-state index < -0.39 is 140 Å². The number of halogens is 6. The van der Waals surface area contributed by atoms with Crippen LogP contribution in [0, 0.1) is 47.3 Å². The Kier molecular flexibility index (Phi) is 20.1. The van der Waals surface area contributed by atoms with Crippen molar-refractivity contribution in [1.82, 2.24) is 26.6 Å². The van der Waals surface area contributed by atoms with Crippen molar-refractivity contribution in [3.8, 4) is 0 Å². The molecule has 6 saturated carbocycles. The molecular formula is C48H57Cl6N5O12. The molecule has 0 radical (unpaired) electrons. The monoisotopic (exact) mass is 1110 g/mol. The Labute approximate surface area is 441 Å². The van der Waals surface area contributed by atoms with Gasteiger partial charge in [-0.1, -0.05) is 106 Å². The number of carbonyl (C=O) groups is 8. The molecule has 8 rings (SSSR count). The van der Waals surface area contributed by atoms with E-state index in [1.165, 1.54) is 14.1 Å². The predicted octanol–water partition coefficient (Wildman–Crippen LogP) is 5.42. The highest BCUT2D eigenvalue weighted by atomic mass is 35.6. The second-order valence-corrected chi connectivity index (χ2v) is 23.4. The molecule has 0 aromatic heterocycles. The van der Waals surface area contributed by atoms with Crippen LogP contribution in [-0.4, -0.2) is 120 Å². The first kappa shape index (κ1) is 56.4. The Hall–Kier alpha value is -3.94. The number of hydrogen-bond acceptors (Lipinski definition) is 14. The maximum absolute atomic E-state index is 14.9. The average Bonchev–Trinajstić information content (AvgIpc) is 3.34. The lowest BCUT2D eigenvalue weighted by Crippen LogP contribution is -2.62. The SMILES string of the molecule is CNC(CCNC(=O)C1C2CCC(C(OC(=O)c3ccccc3)C2)C1C(=O)NC(=O)C1C2CCC(CC2OC(=O)c2ccccc2)C1C(=O)NCCC(NC)C(=O)OCC(Cl)(Cl)Cl)C(=O)OCC(Cl)(Cl)Cl. The molecule has 0 aliphatic heterocycles. The van der Waals surface area contributed by atoms with E-state index in [1.54, 1.807) is 60.7 Å². The predicted molar refractivity (Wildman–Crippen MR) is 264 cm³/mol. The van der Waals surface area contributed by atoms with Crippen molar-refractivity contribution in [2.24, 2.45) is 47.3 Å². The van der Waals surface area contributed by atoms with Crippen LogP contribution >= 0.6 is 69.6 Å². The van der Waals surface area contributed by atoms with Gasteiger partial charge in [-0.2, -0.15) is 0 Å². The molecule has 6 aliphatic rings. The summed E-state index contributed by atoms with van der Waals surface area (Å²) in [6.07, 6.45) is 0.916. The summed E-state index contributed by atoms with van der Waals surface area (Å²) in [6, 6.07) is 14.9. The molecule has 2 aromatic carbocycles. The fourth-order valence-electron chi connectivity index (χ4n) is 10.7. The maximum atomic E-state index is 14.9. The quantitative estimate of drug-likeness (QED) is 0.0483. The van der Waals surface area contributed by atoms with Crippen molar-refractivity contribution >= 4 is 117 Å². The van der Waals surface area contributed by atoms with Gasteiger partial charge in [0.2, 0.25) is 31.2 Å². The van der Waals surface area contributed by atoms with Crippen LogP contribution in [0.3, 0.4) is 0 Å². The van der Waals surface area contributed by atoms with Crippen molar-refractivity contribution in [1.29, 1.82) is 0 Å². The second-order valence-electron chi connectivity index (χ2n) is 18.3. The minimum atomic E-state index is -1.83. The normalized spacial score (nSPS) is 26.5. The van der Waals surface area contributed by atoms with Crippen molar-refractivity contribution in [2.75, 3.05) is 40.4 Å². The van der Waals surface area contributed by atoms with Gasteiger partial charge in [-0.05, 0) is 102 Å². The van der Waals surface area contributed by atoms with Gasteiger partial charge in [-0.15, -0.1) is 0 Å². The third-order valence-electron chi connectivity index (χ3n) is 14.0. The largest absolute Gasteiger partial charge is 0.460 e. The molecule has 4 bridgehead atoms. The molecule has 4 amide bonds. The highest BCUT2D eigenvalue weighted by Gasteiger charge is 2.58. The summed E-state index contributed by atoms with van der Waals surface area (Å²) in [5.41, 5.74) is 0.595. The van der Waals surface area contributed by atoms with Gasteiger partial charge in [-0.25, -0.2) is 9.59 Å². The summed E-state index contributed by atoms with van der Waals surface area (Å²) in [4.78, 5) is 111. The van der Waals surface area contributed by atoms with E-state index in [2.05, 4.69) is 26.6 Å². The van der Waals surface area contributed by atoms with Crippen LogP contribution in [0.25, 0.3) is 0 Å². The highest BCUT2D eigenvalue weighted by Crippen LogP contribution is 2.52. The van der Waals surface area contributed by atoms with E-state index in [-0.39, 0.29) is 38.8 Å². The first-order valence-electron chi connectivity index (χ1n) is 23.4. The summed E-state index contributed by atoms with van der Waals surface area (Å²) in [7, 11) is 3.05. The molecule has 6 fully saturated rings. The first-order valence-corrected chi connectivity index (χ1v) is 25.7.